The number of benzene rings is 1. The van der Waals surface area contributed by atoms with Gasteiger partial charge in [-0.2, -0.15) is 5.26 Å². The van der Waals surface area contributed by atoms with E-state index in [1.165, 1.54) is 12.8 Å². The van der Waals surface area contributed by atoms with Gasteiger partial charge in [0.25, 0.3) is 0 Å². The van der Waals surface area contributed by atoms with Crippen molar-refractivity contribution < 1.29 is 4.74 Å². The number of hydrogen-bond acceptors (Lipinski definition) is 3. The van der Waals surface area contributed by atoms with Crippen molar-refractivity contribution in [2.24, 2.45) is 0 Å². The molecule has 1 aliphatic heterocycles. The normalized spacial score (nSPS) is 18.6. The number of nitriles is 1. The third-order valence-corrected chi connectivity index (χ3v) is 3.64. The number of rotatable bonds is 5. The van der Waals surface area contributed by atoms with E-state index >= 15 is 0 Å². The highest BCUT2D eigenvalue weighted by atomic mass is 79.9. The first kappa shape index (κ1) is 13.4. The number of halogens is 1. The predicted molar refractivity (Wildman–Crippen MR) is 75.6 cm³/mol. The number of ether oxygens (including phenoxy) is 1. The SMILES string of the molecule is N#Cc1ccc(Br)cc1NCCCC1CCCO1. The van der Waals surface area contributed by atoms with E-state index in [0.29, 0.717) is 11.7 Å². The summed E-state index contributed by atoms with van der Waals surface area (Å²) >= 11 is 3.42. The van der Waals surface area contributed by atoms with E-state index in [1.807, 2.05) is 18.2 Å². The van der Waals surface area contributed by atoms with Crippen LogP contribution in [0.4, 0.5) is 5.69 Å². The first-order valence-electron chi connectivity index (χ1n) is 6.35. The molecular weight excluding hydrogens is 292 g/mol. The minimum absolute atomic E-state index is 0.449. The Kier molecular flexibility index (Phi) is 5.03. The van der Waals surface area contributed by atoms with Gasteiger partial charge in [-0.1, -0.05) is 15.9 Å². The van der Waals surface area contributed by atoms with Gasteiger partial charge in [-0.15, -0.1) is 0 Å². The Hall–Kier alpha value is -1.05. The number of nitrogens with zero attached hydrogens (tertiary/aromatic N) is 1. The molecule has 96 valence electrons. The zero-order valence-electron chi connectivity index (χ0n) is 10.3. The Morgan fingerprint density at radius 3 is 3.11 bits per heavy atom. The molecule has 1 saturated heterocycles. The van der Waals surface area contributed by atoms with E-state index in [4.69, 9.17) is 10.00 Å². The van der Waals surface area contributed by atoms with Crippen LogP contribution in [0.15, 0.2) is 22.7 Å². The summed E-state index contributed by atoms with van der Waals surface area (Å²) in [7, 11) is 0. The van der Waals surface area contributed by atoms with Crippen molar-refractivity contribution in [3.63, 3.8) is 0 Å². The average molecular weight is 309 g/mol. The van der Waals surface area contributed by atoms with Crippen molar-refractivity contribution in [2.75, 3.05) is 18.5 Å². The molecule has 0 bridgehead atoms. The summed E-state index contributed by atoms with van der Waals surface area (Å²) < 4.78 is 6.57. The van der Waals surface area contributed by atoms with E-state index in [1.54, 1.807) is 0 Å². The van der Waals surface area contributed by atoms with E-state index in [-0.39, 0.29) is 0 Å². The summed E-state index contributed by atoms with van der Waals surface area (Å²) in [5, 5.41) is 12.3. The number of anilines is 1. The van der Waals surface area contributed by atoms with E-state index in [9.17, 15) is 0 Å². The Morgan fingerprint density at radius 1 is 1.50 bits per heavy atom. The van der Waals surface area contributed by atoms with Gasteiger partial charge in [0.2, 0.25) is 0 Å². The lowest BCUT2D eigenvalue weighted by Crippen LogP contribution is -2.09. The molecule has 1 N–H and O–H groups in total. The minimum atomic E-state index is 0.449. The third-order valence-electron chi connectivity index (χ3n) is 3.14. The molecule has 18 heavy (non-hydrogen) atoms. The lowest BCUT2D eigenvalue weighted by atomic mass is 10.1. The van der Waals surface area contributed by atoms with Gasteiger partial charge in [0.1, 0.15) is 6.07 Å². The molecule has 1 unspecified atom stereocenters. The molecule has 1 heterocycles. The topological polar surface area (TPSA) is 45.0 Å². The Balaban J connectivity index is 1.79. The maximum absolute atomic E-state index is 9.01. The summed E-state index contributed by atoms with van der Waals surface area (Å²) in [4.78, 5) is 0. The molecule has 3 nitrogen and oxygen atoms in total. The molecule has 2 rings (SSSR count). The van der Waals surface area contributed by atoms with Crippen molar-refractivity contribution in [1.29, 1.82) is 5.26 Å². The van der Waals surface area contributed by atoms with Gasteiger partial charge in [-0.05, 0) is 43.9 Å². The van der Waals surface area contributed by atoms with Crippen LogP contribution in [-0.2, 0) is 4.74 Å². The lowest BCUT2D eigenvalue weighted by molar-refractivity contribution is 0.103. The fourth-order valence-corrected chi connectivity index (χ4v) is 2.55. The first-order valence-corrected chi connectivity index (χ1v) is 7.14. The molecule has 1 fully saturated rings. The molecule has 0 spiro atoms. The Labute approximate surface area is 116 Å². The van der Waals surface area contributed by atoms with Crippen molar-refractivity contribution in [3.05, 3.63) is 28.2 Å². The summed E-state index contributed by atoms with van der Waals surface area (Å²) in [6, 6.07) is 7.86. The van der Waals surface area contributed by atoms with Crippen LogP contribution in [-0.4, -0.2) is 19.3 Å². The van der Waals surface area contributed by atoms with Crippen LogP contribution >= 0.6 is 15.9 Å². The molecule has 1 aliphatic rings. The molecule has 1 aromatic carbocycles. The Bertz CT molecular complexity index is 436. The van der Waals surface area contributed by atoms with Gasteiger partial charge in [-0.25, -0.2) is 0 Å². The predicted octanol–water partition coefficient (Wildman–Crippen LogP) is 3.69. The minimum Gasteiger partial charge on any atom is -0.384 e. The van der Waals surface area contributed by atoms with Crippen LogP contribution in [0.3, 0.4) is 0 Å². The molecule has 1 atom stereocenters. The summed E-state index contributed by atoms with van der Waals surface area (Å²) in [6.45, 7) is 1.80. The van der Waals surface area contributed by atoms with Crippen molar-refractivity contribution in [1.82, 2.24) is 0 Å². The maximum Gasteiger partial charge on any atom is 0.101 e. The second-order valence-electron chi connectivity index (χ2n) is 4.51. The van der Waals surface area contributed by atoms with Gasteiger partial charge in [-0.3, -0.25) is 0 Å². The van der Waals surface area contributed by atoms with E-state index < -0.39 is 0 Å². The largest absolute Gasteiger partial charge is 0.384 e. The zero-order chi connectivity index (χ0) is 12.8. The zero-order valence-corrected chi connectivity index (χ0v) is 11.9. The molecule has 4 heteroatoms. The van der Waals surface area contributed by atoms with Crippen LogP contribution in [0, 0.1) is 11.3 Å². The second kappa shape index (κ2) is 6.77. The highest BCUT2D eigenvalue weighted by Gasteiger charge is 2.14. The van der Waals surface area contributed by atoms with E-state index in [2.05, 4.69) is 27.3 Å². The van der Waals surface area contributed by atoms with E-state index in [0.717, 1.165) is 36.2 Å². The molecule has 0 aromatic heterocycles. The fraction of sp³-hybridized carbons (Fsp3) is 0.500. The smallest absolute Gasteiger partial charge is 0.101 e. The third kappa shape index (κ3) is 3.72. The molecular formula is C14H17BrN2O. The number of hydrogen-bond donors (Lipinski definition) is 1. The van der Waals surface area contributed by atoms with Crippen LogP contribution in [0.25, 0.3) is 0 Å². The van der Waals surface area contributed by atoms with Crippen molar-refractivity contribution in [3.8, 4) is 6.07 Å². The summed E-state index contributed by atoms with van der Waals surface area (Å²) in [5.74, 6) is 0. The maximum atomic E-state index is 9.01. The van der Waals surface area contributed by atoms with Crippen LogP contribution in [0.5, 0.6) is 0 Å². The molecule has 0 amide bonds. The van der Waals surface area contributed by atoms with Crippen LogP contribution < -0.4 is 5.32 Å². The Morgan fingerprint density at radius 2 is 2.39 bits per heavy atom. The summed E-state index contributed by atoms with van der Waals surface area (Å²) in [6.07, 6.45) is 5.01. The molecule has 0 saturated carbocycles. The number of nitrogens with one attached hydrogen (secondary N) is 1. The standard InChI is InChI=1S/C14H17BrN2O/c15-12-6-5-11(10-16)14(9-12)17-7-1-3-13-4-2-8-18-13/h5-6,9,13,17H,1-4,7-8H2. The quantitative estimate of drug-likeness (QED) is 0.844. The molecule has 1 aromatic rings. The lowest BCUT2D eigenvalue weighted by Gasteiger charge is -2.11. The second-order valence-corrected chi connectivity index (χ2v) is 5.42. The highest BCUT2D eigenvalue weighted by molar-refractivity contribution is 9.10. The van der Waals surface area contributed by atoms with Crippen molar-refractivity contribution in [2.45, 2.75) is 31.8 Å². The monoisotopic (exact) mass is 308 g/mol. The molecule has 0 aliphatic carbocycles. The van der Waals surface area contributed by atoms with Crippen molar-refractivity contribution >= 4 is 21.6 Å². The van der Waals surface area contributed by atoms with Gasteiger partial charge in [0.05, 0.1) is 17.4 Å². The fourth-order valence-electron chi connectivity index (χ4n) is 2.19. The highest BCUT2D eigenvalue weighted by Crippen LogP contribution is 2.21. The van der Waals surface area contributed by atoms with Gasteiger partial charge in [0, 0.05) is 17.6 Å². The first-order chi connectivity index (χ1) is 8.79. The van der Waals surface area contributed by atoms with Gasteiger partial charge >= 0.3 is 0 Å². The van der Waals surface area contributed by atoms with Gasteiger partial charge < -0.3 is 10.1 Å². The molecule has 0 radical (unpaired) electrons. The van der Waals surface area contributed by atoms with Crippen LogP contribution in [0.2, 0.25) is 0 Å². The van der Waals surface area contributed by atoms with Crippen LogP contribution in [0.1, 0.15) is 31.2 Å². The summed E-state index contributed by atoms with van der Waals surface area (Å²) in [5.41, 5.74) is 1.59. The van der Waals surface area contributed by atoms with Gasteiger partial charge in [0.15, 0.2) is 0 Å². The average Bonchev–Trinajstić information content (AvgIpc) is 2.88.